The molecular formula is C7H13NO. The molecule has 0 heterocycles. The van der Waals surface area contributed by atoms with Gasteiger partial charge >= 0.3 is 0 Å². The normalized spacial score (nSPS) is 12.8. The standard InChI is InChI=1S/C7H13NO/c1-4-6(9)7(8)5(2)3/h6,8-9H,2,4H2,1,3H3. The largest absolute Gasteiger partial charge is 0.387 e. The highest BCUT2D eigenvalue weighted by molar-refractivity contribution is 5.99. The summed E-state index contributed by atoms with van der Waals surface area (Å²) in [4.78, 5) is 0. The number of aliphatic hydroxyl groups excluding tert-OH is 1. The summed E-state index contributed by atoms with van der Waals surface area (Å²) in [6.07, 6.45) is -0.0337. The molecule has 2 heteroatoms. The van der Waals surface area contributed by atoms with Crippen LogP contribution in [0.25, 0.3) is 0 Å². The smallest absolute Gasteiger partial charge is 0.0952 e. The second-order valence-electron chi connectivity index (χ2n) is 2.12. The molecule has 2 nitrogen and oxygen atoms in total. The Kier molecular flexibility index (Phi) is 3.17. The Morgan fingerprint density at radius 1 is 1.78 bits per heavy atom. The van der Waals surface area contributed by atoms with Gasteiger partial charge in [0.1, 0.15) is 0 Å². The van der Waals surface area contributed by atoms with Crippen LogP contribution in [0.5, 0.6) is 0 Å². The van der Waals surface area contributed by atoms with Crippen molar-refractivity contribution in [1.29, 1.82) is 5.41 Å². The third-order valence-corrected chi connectivity index (χ3v) is 1.18. The van der Waals surface area contributed by atoms with Crippen LogP contribution in [0.15, 0.2) is 12.2 Å². The highest BCUT2D eigenvalue weighted by Crippen LogP contribution is 1.99. The topological polar surface area (TPSA) is 44.1 Å². The van der Waals surface area contributed by atoms with Crippen molar-refractivity contribution >= 4 is 5.71 Å². The van der Waals surface area contributed by atoms with E-state index >= 15 is 0 Å². The monoisotopic (exact) mass is 127 g/mol. The number of aliphatic hydroxyl groups is 1. The van der Waals surface area contributed by atoms with Gasteiger partial charge in [-0.1, -0.05) is 13.5 Å². The van der Waals surface area contributed by atoms with Gasteiger partial charge in [-0.3, -0.25) is 0 Å². The minimum absolute atomic E-state index is 0.248. The molecule has 0 aliphatic heterocycles. The first-order valence-corrected chi connectivity index (χ1v) is 3.02. The fraction of sp³-hybridized carbons (Fsp3) is 0.571. The van der Waals surface area contributed by atoms with Gasteiger partial charge in [-0.25, -0.2) is 0 Å². The van der Waals surface area contributed by atoms with Gasteiger partial charge in [-0.15, -0.1) is 0 Å². The van der Waals surface area contributed by atoms with Crippen LogP contribution >= 0.6 is 0 Å². The molecule has 0 saturated carbocycles. The molecule has 0 aromatic carbocycles. The highest BCUT2D eigenvalue weighted by Gasteiger charge is 2.06. The minimum atomic E-state index is -0.623. The summed E-state index contributed by atoms with van der Waals surface area (Å²) in [5, 5.41) is 16.2. The Morgan fingerprint density at radius 3 is 2.33 bits per heavy atom. The molecule has 0 aromatic heterocycles. The number of nitrogens with one attached hydrogen (secondary N) is 1. The van der Waals surface area contributed by atoms with Gasteiger partial charge in [0.25, 0.3) is 0 Å². The lowest BCUT2D eigenvalue weighted by Crippen LogP contribution is -2.18. The van der Waals surface area contributed by atoms with E-state index in [0.29, 0.717) is 12.0 Å². The molecule has 0 aromatic rings. The zero-order chi connectivity index (χ0) is 7.44. The SMILES string of the molecule is C=C(C)C(=N)C(O)CC. The van der Waals surface area contributed by atoms with Crippen molar-refractivity contribution in [3.05, 3.63) is 12.2 Å². The van der Waals surface area contributed by atoms with Gasteiger partial charge in [-0.05, 0) is 18.9 Å². The lowest BCUT2D eigenvalue weighted by molar-refractivity contribution is 0.237. The van der Waals surface area contributed by atoms with Crippen molar-refractivity contribution in [2.45, 2.75) is 26.4 Å². The van der Waals surface area contributed by atoms with Crippen LogP contribution in [-0.4, -0.2) is 16.9 Å². The summed E-state index contributed by atoms with van der Waals surface area (Å²) >= 11 is 0. The van der Waals surface area contributed by atoms with Gasteiger partial charge in [0.05, 0.1) is 11.8 Å². The summed E-state index contributed by atoms with van der Waals surface area (Å²) < 4.78 is 0. The number of hydrogen-bond donors (Lipinski definition) is 2. The Morgan fingerprint density at radius 2 is 2.22 bits per heavy atom. The van der Waals surface area contributed by atoms with Gasteiger partial charge in [-0.2, -0.15) is 0 Å². The van der Waals surface area contributed by atoms with Crippen LogP contribution in [0, 0.1) is 5.41 Å². The van der Waals surface area contributed by atoms with Crippen molar-refractivity contribution < 1.29 is 5.11 Å². The van der Waals surface area contributed by atoms with E-state index in [4.69, 9.17) is 10.5 Å². The first kappa shape index (κ1) is 8.37. The predicted octanol–water partition coefficient (Wildman–Crippen LogP) is 1.35. The molecule has 0 aliphatic carbocycles. The fourth-order valence-electron chi connectivity index (χ4n) is 0.489. The molecule has 0 spiro atoms. The van der Waals surface area contributed by atoms with Crippen LogP contribution in [-0.2, 0) is 0 Å². The van der Waals surface area contributed by atoms with E-state index in [1.165, 1.54) is 0 Å². The van der Waals surface area contributed by atoms with Crippen molar-refractivity contribution in [3.8, 4) is 0 Å². The van der Waals surface area contributed by atoms with E-state index in [9.17, 15) is 0 Å². The Hall–Kier alpha value is -0.630. The van der Waals surface area contributed by atoms with Crippen molar-refractivity contribution in [2.75, 3.05) is 0 Å². The molecule has 0 amide bonds. The summed E-state index contributed by atoms with van der Waals surface area (Å²) in [5.41, 5.74) is 0.891. The molecule has 0 radical (unpaired) electrons. The minimum Gasteiger partial charge on any atom is -0.387 e. The number of rotatable bonds is 3. The molecule has 0 rings (SSSR count). The third kappa shape index (κ3) is 2.42. The maximum absolute atomic E-state index is 9.01. The molecule has 9 heavy (non-hydrogen) atoms. The quantitative estimate of drug-likeness (QED) is 0.552. The van der Waals surface area contributed by atoms with E-state index in [1.54, 1.807) is 6.92 Å². The summed E-state index contributed by atoms with van der Waals surface area (Å²) in [6, 6.07) is 0. The van der Waals surface area contributed by atoms with Crippen LogP contribution in [0.3, 0.4) is 0 Å². The Bertz CT molecular complexity index is 129. The van der Waals surface area contributed by atoms with Gasteiger partial charge in [0.15, 0.2) is 0 Å². The van der Waals surface area contributed by atoms with Crippen LogP contribution in [0.4, 0.5) is 0 Å². The Balaban J connectivity index is 3.88. The summed E-state index contributed by atoms with van der Waals surface area (Å²) in [6.45, 7) is 7.10. The molecule has 0 fully saturated rings. The average Bonchev–Trinajstić information content (AvgIpc) is 1.84. The van der Waals surface area contributed by atoms with Crippen molar-refractivity contribution in [3.63, 3.8) is 0 Å². The van der Waals surface area contributed by atoms with Crippen LogP contribution < -0.4 is 0 Å². The molecule has 1 unspecified atom stereocenters. The van der Waals surface area contributed by atoms with E-state index in [1.807, 2.05) is 6.92 Å². The summed E-state index contributed by atoms with van der Waals surface area (Å²) in [5.74, 6) is 0. The predicted molar refractivity (Wildman–Crippen MR) is 38.8 cm³/mol. The van der Waals surface area contributed by atoms with Crippen LogP contribution in [0.1, 0.15) is 20.3 Å². The molecule has 1 atom stereocenters. The fourth-order valence-corrected chi connectivity index (χ4v) is 0.489. The highest BCUT2D eigenvalue weighted by atomic mass is 16.3. The van der Waals surface area contributed by atoms with Crippen molar-refractivity contribution in [1.82, 2.24) is 0 Å². The second kappa shape index (κ2) is 3.41. The zero-order valence-electron chi connectivity index (χ0n) is 5.94. The average molecular weight is 127 g/mol. The first-order valence-electron chi connectivity index (χ1n) is 3.02. The Labute approximate surface area is 55.7 Å². The molecule has 2 N–H and O–H groups in total. The summed E-state index contributed by atoms with van der Waals surface area (Å²) in [7, 11) is 0. The molecule has 0 aliphatic rings. The molecule has 52 valence electrons. The van der Waals surface area contributed by atoms with Crippen LogP contribution in [0.2, 0.25) is 0 Å². The molecular weight excluding hydrogens is 114 g/mol. The molecule has 0 saturated heterocycles. The van der Waals surface area contributed by atoms with E-state index in [-0.39, 0.29) is 5.71 Å². The van der Waals surface area contributed by atoms with Gasteiger partial charge < -0.3 is 10.5 Å². The van der Waals surface area contributed by atoms with E-state index < -0.39 is 6.10 Å². The second-order valence-corrected chi connectivity index (χ2v) is 2.12. The third-order valence-electron chi connectivity index (χ3n) is 1.18. The van der Waals surface area contributed by atoms with Gasteiger partial charge in [0.2, 0.25) is 0 Å². The lowest BCUT2D eigenvalue weighted by Gasteiger charge is -2.07. The van der Waals surface area contributed by atoms with E-state index in [2.05, 4.69) is 6.58 Å². The molecule has 0 bridgehead atoms. The first-order chi connectivity index (χ1) is 4.09. The maximum Gasteiger partial charge on any atom is 0.0952 e. The van der Waals surface area contributed by atoms with Gasteiger partial charge in [0, 0.05) is 0 Å². The van der Waals surface area contributed by atoms with E-state index in [0.717, 1.165) is 0 Å². The number of hydrogen-bond acceptors (Lipinski definition) is 2. The lowest BCUT2D eigenvalue weighted by atomic mass is 10.1. The maximum atomic E-state index is 9.01. The zero-order valence-corrected chi connectivity index (χ0v) is 5.94. The van der Waals surface area contributed by atoms with Crippen molar-refractivity contribution in [2.24, 2.45) is 0 Å².